The van der Waals surface area contributed by atoms with Gasteiger partial charge in [0.2, 0.25) is 0 Å². The van der Waals surface area contributed by atoms with Crippen molar-refractivity contribution in [2.45, 2.75) is 18.8 Å². The van der Waals surface area contributed by atoms with E-state index in [0.717, 1.165) is 45.9 Å². The second-order valence-corrected chi connectivity index (χ2v) is 7.05. The molecule has 0 spiro atoms. The molecule has 27 heavy (non-hydrogen) atoms. The third kappa shape index (κ3) is 3.64. The number of aromatic nitrogens is 1. The van der Waals surface area contributed by atoms with Gasteiger partial charge >= 0.3 is 7.05 Å². The number of nitrogens with zero attached hydrogens (tertiary/aromatic N) is 1. The van der Waals surface area contributed by atoms with Crippen LogP contribution in [0.2, 0.25) is 0 Å². The van der Waals surface area contributed by atoms with Gasteiger partial charge < -0.3 is 16.0 Å². The van der Waals surface area contributed by atoms with Crippen molar-refractivity contribution >= 4 is 29.1 Å². The summed E-state index contributed by atoms with van der Waals surface area (Å²) in [4.78, 5) is 17.1. The number of carbonyl (C=O) groups excluding carboxylic acids is 1. The van der Waals surface area contributed by atoms with Crippen molar-refractivity contribution in [2.24, 2.45) is 5.73 Å². The largest absolute Gasteiger partial charge is 0.433 e. The summed E-state index contributed by atoms with van der Waals surface area (Å²) >= 11 is 0. The molecule has 4 rings (SSSR count). The molecule has 0 fully saturated rings. The van der Waals surface area contributed by atoms with Crippen molar-refractivity contribution in [3.63, 3.8) is 0 Å². The van der Waals surface area contributed by atoms with Crippen LogP contribution >= 0.6 is 0 Å². The zero-order valence-electron chi connectivity index (χ0n) is 15.1. The number of nitrogens with two attached hydrogens (primary N) is 1. The molecule has 6 heteroatoms. The van der Waals surface area contributed by atoms with Gasteiger partial charge in [-0.15, -0.1) is 0 Å². The van der Waals surface area contributed by atoms with Crippen LogP contribution in [0.3, 0.4) is 0 Å². The second kappa shape index (κ2) is 7.60. The lowest BCUT2D eigenvalue weighted by molar-refractivity contribution is -0.119. The Balaban J connectivity index is 1.57. The van der Waals surface area contributed by atoms with E-state index in [-0.39, 0.29) is 18.2 Å². The van der Waals surface area contributed by atoms with E-state index < -0.39 is 7.05 Å². The van der Waals surface area contributed by atoms with Gasteiger partial charge in [0.25, 0.3) is 0 Å². The number of nitrogens with one attached hydrogen (secondary N) is 1. The fraction of sp³-hybridized carbons (Fsp3) is 0.238. The highest BCUT2D eigenvalue weighted by Crippen LogP contribution is 2.21. The maximum Gasteiger partial charge on any atom is 0.413 e. The molecule has 1 aliphatic rings. The van der Waals surface area contributed by atoms with Crippen molar-refractivity contribution < 1.29 is 9.82 Å². The number of carbonyl (C=O) groups is 1. The van der Waals surface area contributed by atoms with Gasteiger partial charge in [-0.1, -0.05) is 36.4 Å². The number of ketones is 1. The van der Waals surface area contributed by atoms with E-state index in [9.17, 15) is 9.82 Å². The lowest BCUT2D eigenvalue weighted by atomic mass is 9.67. The Bertz CT molecular complexity index is 992. The molecule has 1 atom stereocenters. The SMILES string of the molecule is NC[C@@H](C(=O)Cc1ccc2cnccc2c1)c1ccc2c(c1)CCNB2O. The molecule has 0 aliphatic carbocycles. The number of fused-ring (bicyclic) bond motifs is 2. The summed E-state index contributed by atoms with van der Waals surface area (Å²) in [6, 6.07) is 13.8. The van der Waals surface area contributed by atoms with Gasteiger partial charge in [-0.3, -0.25) is 9.78 Å². The highest BCUT2D eigenvalue weighted by molar-refractivity contribution is 6.64. The van der Waals surface area contributed by atoms with Gasteiger partial charge in [0.1, 0.15) is 5.78 Å². The van der Waals surface area contributed by atoms with Crippen LogP contribution in [0.5, 0.6) is 0 Å². The Labute approximate surface area is 158 Å². The smallest absolute Gasteiger partial charge is 0.413 e. The van der Waals surface area contributed by atoms with Gasteiger partial charge in [-0.05, 0) is 46.6 Å². The Hall–Kier alpha value is -2.54. The van der Waals surface area contributed by atoms with Crippen LogP contribution < -0.4 is 16.4 Å². The zero-order chi connectivity index (χ0) is 18.8. The summed E-state index contributed by atoms with van der Waals surface area (Å²) in [7, 11) is -0.637. The molecule has 0 bridgehead atoms. The molecule has 2 aromatic carbocycles. The minimum Gasteiger partial charge on any atom is -0.433 e. The fourth-order valence-electron chi connectivity index (χ4n) is 3.80. The number of benzene rings is 2. The zero-order valence-corrected chi connectivity index (χ0v) is 15.1. The van der Waals surface area contributed by atoms with Gasteiger partial charge in [-0.25, -0.2) is 0 Å². The van der Waals surface area contributed by atoms with Crippen LogP contribution in [0.1, 0.15) is 22.6 Å². The van der Waals surface area contributed by atoms with E-state index in [4.69, 9.17) is 5.73 Å². The third-order valence-corrected chi connectivity index (χ3v) is 5.30. The molecule has 1 aromatic heterocycles. The lowest BCUT2D eigenvalue weighted by Gasteiger charge is -2.22. The number of hydrogen-bond donors (Lipinski definition) is 3. The van der Waals surface area contributed by atoms with Crippen molar-refractivity contribution in [3.05, 3.63) is 71.5 Å². The number of rotatable bonds is 5. The molecular weight excluding hydrogens is 337 g/mol. The van der Waals surface area contributed by atoms with E-state index in [2.05, 4.69) is 10.2 Å². The molecule has 1 aliphatic heterocycles. The van der Waals surface area contributed by atoms with Crippen molar-refractivity contribution in [1.82, 2.24) is 10.2 Å². The van der Waals surface area contributed by atoms with Gasteiger partial charge in [0.05, 0.1) is 5.92 Å². The molecular formula is C21H22BN3O2. The molecule has 4 N–H and O–H groups in total. The fourth-order valence-corrected chi connectivity index (χ4v) is 3.80. The van der Waals surface area contributed by atoms with Gasteiger partial charge in [0, 0.05) is 30.7 Å². The first-order valence-corrected chi connectivity index (χ1v) is 9.25. The van der Waals surface area contributed by atoms with Crippen LogP contribution in [0.4, 0.5) is 0 Å². The quantitative estimate of drug-likeness (QED) is 0.590. The molecule has 136 valence electrons. The topological polar surface area (TPSA) is 88.2 Å². The number of pyridine rings is 1. The Morgan fingerprint density at radius 3 is 2.96 bits per heavy atom. The highest BCUT2D eigenvalue weighted by Gasteiger charge is 2.25. The predicted molar refractivity (Wildman–Crippen MR) is 108 cm³/mol. The molecule has 2 heterocycles. The molecule has 0 radical (unpaired) electrons. The lowest BCUT2D eigenvalue weighted by Crippen LogP contribution is -2.51. The maximum atomic E-state index is 13.0. The van der Waals surface area contributed by atoms with Crippen LogP contribution in [-0.4, -0.2) is 35.9 Å². The Morgan fingerprint density at radius 1 is 1.22 bits per heavy atom. The minimum absolute atomic E-state index is 0.111. The van der Waals surface area contributed by atoms with E-state index in [1.54, 1.807) is 6.20 Å². The molecule has 0 unspecified atom stereocenters. The summed E-state index contributed by atoms with van der Waals surface area (Å²) in [5.74, 6) is -0.226. The van der Waals surface area contributed by atoms with Crippen molar-refractivity contribution in [1.29, 1.82) is 0 Å². The average Bonchev–Trinajstić information content (AvgIpc) is 2.68. The van der Waals surface area contributed by atoms with Crippen LogP contribution in [-0.2, 0) is 17.6 Å². The third-order valence-electron chi connectivity index (χ3n) is 5.30. The predicted octanol–water partition coefficient (Wildman–Crippen LogP) is 0.922. The number of Topliss-reactive ketones (excluding diaryl/α,β-unsaturated/α-hetero) is 1. The van der Waals surface area contributed by atoms with E-state index in [0.29, 0.717) is 6.42 Å². The van der Waals surface area contributed by atoms with E-state index >= 15 is 0 Å². The van der Waals surface area contributed by atoms with Gasteiger partial charge in [-0.2, -0.15) is 0 Å². The maximum absolute atomic E-state index is 13.0. The molecule has 3 aromatic rings. The summed E-state index contributed by atoms with van der Waals surface area (Å²) < 4.78 is 0. The van der Waals surface area contributed by atoms with E-state index in [1.165, 1.54) is 0 Å². The average molecular weight is 359 g/mol. The summed E-state index contributed by atoms with van der Waals surface area (Å²) in [6.07, 6.45) is 4.76. The highest BCUT2D eigenvalue weighted by atomic mass is 16.2. The molecule has 5 nitrogen and oxygen atoms in total. The first-order chi connectivity index (χ1) is 13.2. The van der Waals surface area contributed by atoms with Crippen molar-refractivity contribution in [2.75, 3.05) is 13.1 Å². The normalized spacial score (nSPS) is 14.8. The second-order valence-electron chi connectivity index (χ2n) is 7.05. The standard InChI is InChI=1S/C21H22BN3O2/c23-12-19(16-3-4-20-17(11-16)6-8-25-22(20)27)21(26)10-14-1-2-18-13-24-7-5-15(18)9-14/h1-5,7,9,11,13,19,25,27H,6,8,10,12,23H2/t19-/m1/s1. The van der Waals surface area contributed by atoms with E-state index in [1.807, 2.05) is 48.7 Å². The van der Waals surface area contributed by atoms with Crippen molar-refractivity contribution in [3.8, 4) is 0 Å². The van der Waals surface area contributed by atoms with Gasteiger partial charge in [0.15, 0.2) is 0 Å². The minimum atomic E-state index is -0.637. The number of hydrogen-bond acceptors (Lipinski definition) is 5. The summed E-state index contributed by atoms with van der Waals surface area (Å²) in [6.45, 7) is 1.00. The summed E-state index contributed by atoms with van der Waals surface area (Å²) in [5.41, 5.74) is 9.85. The molecule has 0 saturated carbocycles. The van der Waals surface area contributed by atoms with Crippen LogP contribution in [0.25, 0.3) is 10.8 Å². The summed E-state index contributed by atoms with van der Waals surface area (Å²) in [5, 5.41) is 15.2. The molecule has 0 saturated heterocycles. The Kier molecular flexibility index (Phi) is 5.03. The first kappa shape index (κ1) is 17.9. The monoisotopic (exact) mass is 359 g/mol. The Morgan fingerprint density at radius 2 is 2.11 bits per heavy atom. The molecule has 0 amide bonds. The van der Waals surface area contributed by atoms with Crippen LogP contribution in [0, 0.1) is 0 Å². The van der Waals surface area contributed by atoms with Crippen LogP contribution in [0.15, 0.2) is 54.9 Å². The first-order valence-electron chi connectivity index (χ1n) is 9.25.